The van der Waals surface area contributed by atoms with E-state index < -0.39 is 5.82 Å². The molecule has 3 aromatic rings. The van der Waals surface area contributed by atoms with Crippen molar-refractivity contribution < 1.29 is 8.91 Å². The van der Waals surface area contributed by atoms with Gasteiger partial charge in [0.05, 0.1) is 11.8 Å². The Morgan fingerprint density at radius 2 is 1.83 bits per heavy atom. The van der Waals surface area contributed by atoms with Crippen LogP contribution in [-0.2, 0) is 0 Å². The first-order valence-corrected chi connectivity index (χ1v) is 5.18. The minimum absolute atomic E-state index is 0.230. The van der Waals surface area contributed by atoms with Crippen LogP contribution in [0, 0.1) is 5.82 Å². The fourth-order valence-corrected chi connectivity index (χ4v) is 1.49. The summed E-state index contributed by atoms with van der Waals surface area (Å²) >= 11 is 0. The van der Waals surface area contributed by atoms with Gasteiger partial charge in [0.15, 0.2) is 0 Å². The van der Waals surface area contributed by atoms with E-state index in [1.807, 2.05) is 0 Å². The number of aromatic nitrogens is 4. The molecule has 5 nitrogen and oxygen atoms in total. The molecule has 0 radical (unpaired) electrons. The molecule has 0 aliphatic heterocycles. The van der Waals surface area contributed by atoms with Crippen molar-refractivity contribution in [2.75, 3.05) is 0 Å². The number of nitrogens with zero attached hydrogens (tertiary/aromatic N) is 4. The molecule has 0 amide bonds. The molecular weight excluding hydrogens is 235 g/mol. The second-order valence-corrected chi connectivity index (χ2v) is 3.55. The average molecular weight is 242 g/mol. The van der Waals surface area contributed by atoms with E-state index in [2.05, 4.69) is 20.1 Å². The average Bonchev–Trinajstić information content (AvgIpc) is 2.89. The van der Waals surface area contributed by atoms with Gasteiger partial charge in [-0.1, -0.05) is 5.16 Å². The fraction of sp³-hybridized carbons (Fsp3) is 0. The van der Waals surface area contributed by atoms with Gasteiger partial charge in [0.2, 0.25) is 5.82 Å². The Bertz CT molecular complexity index is 669. The quantitative estimate of drug-likeness (QED) is 0.690. The molecule has 0 atom stereocenters. The van der Waals surface area contributed by atoms with E-state index in [4.69, 9.17) is 4.52 Å². The van der Waals surface area contributed by atoms with E-state index in [1.54, 1.807) is 24.5 Å². The summed E-state index contributed by atoms with van der Waals surface area (Å²) in [6, 6.07) is 4.81. The van der Waals surface area contributed by atoms with Crippen molar-refractivity contribution in [3.63, 3.8) is 0 Å². The van der Waals surface area contributed by atoms with Crippen molar-refractivity contribution in [1.82, 2.24) is 20.1 Å². The molecule has 0 aromatic carbocycles. The Morgan fingerprint density at radius 1 is 1.00 bits per heavy atom. The molecule has 3 heterocycles. The maximum atomic E-state index is 13.0. The summed E-state index contributed by atoms with van der Waals surface area (Å²) in [5, 5.41) is 3.83. The van der Waals surface area contributed by atoms with Crippen LogP contribution in [0.2, 0.25) is 0 Å². The lowest BCUT2D eigenvalue weighted by Gasteiger charge is -1.92. The first-order valence-electron chi connectivity index (χ1n) is 5.18. The van der Waals surface area contributed by atoms with Gasteiger partial charge in [-0.3, -0.25) is 9.97 Å². The highest BCUT2D eigenvalue weighted by Gasteiger charge is 2.11. The molecule has 6 heteroatoms. The van der Waals surface area contributed by atoms with Gasteiger partial charge in [0.1, 0.15) is 5.82 Å². The third kappa shape index (κ3) is 1.95. The summed E-state index contributed by atoms with van der Waals surface area (Å²) in [5.41, 5.74) is 1.23. The lowest BCUT2D eigenvalue weighted by Crippen LogP contribution is -1.84. The first-order chi connectivity index (χ1) is 8.83. The highest BCUT2D eigenvalue weighted by atomic mass is 19.1. The molecule has 88 valence electrons. The highest BCUT2D eigenvalue weighted by molar-refractivity contribution is 5.58. The smallest absolute Gasteiger partial charge is 0.259 e. The van der Waals surface area contributed by atoms with Gasteiger partial charge >= 0.3 is 0 Å². The summed E-state index contributed by atoms with van der Waals surface area (Å²) < 4.78 is 18.1. The number of hydrogen-bond acceptors (Lipinski definition) is 5. The molecule has 0 unspecified atom stereocenters. The maximum Gasteiger partial charge on any atom is 0.259 e. The zero-order valence-electron chi connectivity index (χ0n) is 9.12. The maximum absolute atomic E-state index is 13.0. The van der Waals surface area contributed by atoms with E-state index in [9.17, 15) is 4.39 Å². The van der Waals surface area contributed by atoms with Gasteiger partial charge in [0.25, 0.3) is 5.89 Å². The predicted molar refractivity (Wildman–Crippen MR) is 60.7 cm³/mol. The summed E-state index contributed by atoms with van der Waals surface area (Å²) in [7, 11) is 0. The van der Waals surface area contributed by atoms with Crippen LogP contribution in [-0.4, -0.2) is 20.1 Å². The molecular formula is C12H7FN4O. The van der Waals surface area contributed by atoms with Gasteiger partial charge in [-0.15, -0.1) is 0 Å². The second-order valence-electron chi connectivity index (χ2n) is 3.55. The zero-order valence-corrected chi connectivity index (χ0v) is 9.12. The van der Waals surface area contributed by atoms with Crippen molar-refractivity contribution in [3.8, 4) is 22.8 Å². The molecule has 3 rings (SSSR count). The third-order valence-corrected chi connectivity index (χ3v) is 2.32. The van der Waals surface area contributed by atoms with Crippen LogP contribution < -0.4 is 0 Å². The van der Waals surface area contributed by atoms with Crippen molar-refractivity contribution in [1.29, 1.82) is 0 Å². The standard InChI is InChI=1S/C12H7FN4O/c13-10-5-9(6-15-7-10)12-16-11(17-18-12)8-1-3-14-4-2-8/h1-7H. The topological polar surface area (TPSA) is 64.7 Å². The number of pyridine rings is 2. The molecule has 0 spiro atoms. The number of hydrogen-bond donors (Lipinski definition) is 0. The van der Waals surface area contributed by atoms with E-state index >= 15 is 0 Å². The second kappa shape index (κ2) is 4.33. The molecule has 0 aliphatic rings. The lowest BCUT2D eigenvalue weighted by molar-refractivity contribution is 0.432. The van der Waals surface area contributed by atoms with Crippen LogP contribution in [0.5, 0.6) is 0 Å². The largest absolute Gasteiger partial charge is 0.334 e. The monoisotopic (exact) mass is 242 g/mol. The van der Waals surface area contributed by atoms with Crippen molar-refractivity contribution in [2.45, 2.75) is 0 Å². The Hall–Kier alpha value is -2.63. The highest BCUT2D eigenvalue weighted by Crippen LogP contribution is 2.21. The van der Waals surface area contributed by atoms with E-state index in [0.29, 0.717) is 11.4 Å². The molecule has 0 bridgehead atoms. The van der Waals surface area contributed by atoms with Crippen LogP contribution >= 0.6 is 0 Å². The van der Waals surface area contributed by atoms with Crippen molar-refractivity contribution in [3.05, 3.63) is 48.8 Å². The van der Waals surface area contributed by atoms with E-state index in [-0.39, 0.29) is 5.89 Å². The minimum Gasteiger partial charge on any atom is -0.334 e. The first kappa shape index (κ1) is 10.5. The Balaban J connectivity index is 2.00. The molecule has 0 fully saturated rings. The van der Waals surface area contributed by atoms with Gasteiger partial charge in [-0.05, 0) is 18.2 Å². The van der Waals surface area contributed by atoms with E-state index in [0.717, 1.165) is 11.8 Å². The number of rotatable bonds is 2. The molecule has 3 aromatic heterocycles. The third-order valence-electron chi connectivity index (χ3n) is 2.32. The molecule has 0 saturated carbocycles. The molecule has 18 heavy (non-hydrogen) atoms. The van der Waals surface area contributed by atoms with Gasteiger partial charge in [0, 0.05) is 24.2 Å². The Kier molecular flexibility index (Phi) is 2.53. The summed E-state index contributed by atoms with van der Waals surface area (Å²) in [4.78, 5) is 11.8. The van der Waals surface area contributed by atoms with Gasteiger partial charge in [-0.25, -0.2) is 4.39 Å². The van der Waals surface area contributed by atoms with Crippen LogP contribution in [0.4, 0.5) is 4.39 Å². The lowest BCUT2D eigenvalue weighted by atomic mass is 10.2. The van der Waals surface area contributed by atoms with Crippen LogP contribution in [0.25, 0.3) is 22.8 Å². The van der Waals surface area contributed by atoms with Crippen molar-refractivity contribution >= 4 is 0 Å². The van der Waals surface area contributed by atoms with E-state index in [1.165, 1.54) is 12.3 Å². The molecule has 0 saturated heterocycles. The fourth-order valence-electron chi connectivity index (χ4n) is 1.49. The molecule has 0 aliphatic carbocycles. The zero-order chi connectivity index (χ0) is 12.4. The van der Waals surface area contributed by atoms with Crippen LogP contribution in [0.1, 0.15) is 0 Å². The molecule has 0 N–H and O–H groups in total. The Morgan fingerprint density at radius 3 is 2.61 bits per heavy atom. The van der Waals surface area contributed by atoms with Crippen LogP contribution in [0.15, 0.2) is 47.5 Å². The SMILES string of the molecule is Fc1cncc(-c2nc(-c3ccncc3)no2)c1. The van der Waals surface area contributed by atoms with Gasteiger partial charge in [-0.2, -0.15) is 4.98 Å². The normalized spacial score (nSPS) is 10.5. The summed E-state index contributed by atoms with van der Waals surface area (Å²) in [6.45, 7) is 0. The summed E-state index contributed by atoms with van der Waals surface area (Å²) in [6.07, 6.45) is 5.85. The Labute approximate surface area is 101 Å². The predicted octanol–water partition coefficient (Wildman–Crippen LogP) is 2.33. The summed E-state index contributed by atoms with van der Waals surface area (Å²) in [5.74, 6) is 0.210. The van der Waals surface area contributed by atoms with Crippen molar-refractivity contribution in [2.24, 2.45) is 0 Å². The van der Waals surface area contributed by atoms with Crippen LogP contribution in [0.3, 0.4) is 0 Å². The minimum atomic E-state index is -0.448. The number of halogens is 1. The van der Waals surface area contributed by atoms with Gasteiger partial charge < -0.3 is 4.52 Å².